The molecule has 8 heteroatoms. The quantitative estimate of drug-likeness (QED) is 0.792. The summed E-state index contributed by atoms with van der Waals surface area (Å²) in [6, 6.07) is 13.5. The summed E-state index contributed by atoms with van der Waals surface area (Å²) in [4.78, 5) is 17.5. The fourth-order valence-electron chi connectivity index (χ4n) is 4.63. The van der Waals surface area contributed by atoms with Crippen LogP contribution in [-0.2, 0) is 4.74 Å². The summed E-state index contributed by atoms with van der Waals surface area (Å²) in [6.45, 7) is 5.64. The number of nitriles is 1. The van der Waals surface area contributed by atoms with E-state index in [0.29, 0.717) is 34.4 Å². The van der Waals surface area contributed by atoms with Crippen LogP contribution in [0.15, 0.2) is 36.4 Å². The lowest BCUT2D eigenvalue weighted by molar-refractivity contribution is 0.0115. The van der Waals surface area contributed by atoms with E-state index >= 15 is 0 Å². The summed E-state index contributed by atoms with van der Waals surface area (Å²) in [6.07, 6.45) is 2.15. The van der Waals surface area contributed by atoms with Crippen molar-refractivity contribution in [1.29, 1.82) is 5.26 Å². The highest BCUT2D eigenvalue weighted by molar-refractivity contribution is 6.04. The number of morpholine rings is 1. The zero-order valence-corrected chi connectivity index (χ0v) is 17.9. The van der Waals surface area contributed by atoms with Crippen LogP contribution in [-0.4, -0.2) is 63.0 Å². The molecule has 0 spiro atoms. The van der Waals surface area contributed by atoms with Gasteiger partial charge in [0.2, 0.25) is 6.79 Å². The van der Waals surface area contributed by atoms with Crippen LogP contribution in [0.3, 0.4) is 0 Å². The van der Waals surface area contributed by atoms with Crippen molar-refractivity contribution in [2.24, 2.45) is 0 Å². The molecule has 0 unspecified atom stereocenters. The number of nitrogens with zero attached hydrogens (tertiary/aromatic N) is 3. The van der Waals surface area contributed by atoms with Gasteiger partial charge in [0.05, 0.1) is 24.5 Å². The summed E-state index contributed by atoms with van der Waals surface area (Å²) in [5.74, 6) is 0.938. The van der Waals surface area contributed by atoms with E-state index in [0.717, 1.165) is 57.9 Å². The molecule has 8 nitrogen and oxygen atoms in total. The number of amides is 1. The molecule has 3 aliphatic heterocycles. The van der Waals surface area contributed by atoms with Crippen LogP contribution in [0.1, 0.15) is 28.8 Å². The summed E-state index contributed by atoms with van der Waals surface area (Å²) in [5.41, 5.74) is 2.56. The van der Waals surface area contributed by atoms with Gasteiger partial charge < -0.3 is 24.4 Å². The Hall–Kier alpha value is -3.28. The highest BCUT2D eigenvalue weighted by Gasteiger charge is 2.27. The molecule has 32 heavy (non-hydrogen) atoms. The fraction of sp³-hybridized carbons (Fsp3) is 0.417. The SMILES string of the molecule is N#Cc1cc(NC(=O)c2ccc3c(c2)OCO3)ccc1N1CCC(N2CCOCC2)CC1. The third-order valence-corrected chi connectivity index (χ3v) is 6.38. The molecule has 0 aliphatic carbocycles. The molecule has 3 aliphatic rings. The largest absolute Gasteiger partial charge is 0.454 e. The molecule has 0 aromatic heterocycles. The van der Waals surface area contributed by atoms with Crippen LogP contribution in [0.25, 0.3) is 0 Å². The number of fused-ring (bicyclic) bond motifs is 1. The molecule has 0 saturated carbocycles. The van der Waals surface area contributed by atoms with Crippen molar-refractivity contribution in [3.05, 3.63) is 47.5 Å². The second-order valence-electron chi connectivity index (χ2n) is 8.23. The lowest BCUT2D eigenvalue weighted by Crippen LogP contribution is -2.49. The van der Waals surface area contributed by atoms with Crippen molar-refractivity contribution in [2.45, 2.75) is 18.9 Å². The smallest absolute Gasteiger partial charge is 0.255 e. The highest BCUT2D eigenvalue weighted by atomic mass is 16.7. The molecule has 2 aromatic rings. The Morgan fingerprint density at radius 2 is 1.78 bits per heavy atom. The molecule has 0 bridgehead atoms. The first-order chi connectivity index (χ1) is 15.7. The minimum Gasteiger partial charge on any atom is -0.454 e. The monoisotopic (exact) mass is 434 g/mol. The van der Waals surface area contributed by atoms with E-state index in [1.165, 1.54) is 0 Å². The van der Waals surface area contributed by atoms with Crippen molar-refractivity contribution >= 4 is 17.3 Å². The molecule has 2 fully saturated rings. The summed E-state index contributed by atoms with van der Waals surface area (Å²) in [5, 5.41) is 12.6. The number of carbonyl (C=O) groups is 1. The maximum atomic E-state index is 12.7. The van der Waals surface area contributed by atoms with Crippen molar-refractivity contribution in [2.75, 3.05) is 56.4 Å². The average molecular weight is 434 g/mol. The minimum atomic E-state index is -0.258. The van der Waals surface area contributed by atoms with Gasteiger partial charge in [0.15, 0.2) is 11.5 Å². The van der Waals surface area contributed by atoms with Gasteiger partial charge in [-0.15, -0.1) is 0 Å². The number of hydrogen-bond acceptors (Lipinski definition) is 7. The molecule has 1 amide bonds. The first-order valence-electron chi connectivity index (χ1n) is 11.0. The van der Waals surface area contributed by atoms with Gasteiger partial charge in [-0.1, -0.05) is 0 Å². The van der Waals surface area contributed by atoms with Gasteiger partial charge >= 0.3 is 0 Å². The van der Waals surface area contributed by atoms with Crippen LogP contribution in [0.5, 0.6) is 11.5 Å². The van der Waals surface area contributed by atoms with Crippen LogP contribution in [0.2, 0.25) is 0 Å². The van der Waals surface area contributed by atoms with Gasteiger partial charge in [0.25, 0.3) is 5.91 Å². The van der Waals surface area contributed by atoms with E-state index in [2.05, 4.69) is 21.2 Å². The van der Waals surface area contributed by atoms with E-state index in [1.54, 1.807) is 24.3 Å². The maximum absolute atomic E-state index is 12.7. The lowest BCUT2D eigenvalue weighted by Gasteiger charge is -2.41. The number of hydrogen-bond donors (Lipinski definition) is 1. The van der Waals surface area contributed by atoms with Gasteiger partial charge in [-0.05, 0) is 49.2 Å². The standard InChI is InChI=1S/C24H26N4O4/c25-15-18-13-19(26-24(29)17-1-4-22-23(14-17)32-16-31-22)2-3-21(18)28-7-5-20(6-8-28)27-9-11-30-12-10-27/h1-4,13-14,20H,5-12,16H2,(H,26,29). The Kier molecular flexibility index (Phi) is 5.84. The number of rotatable bonds is 4. The topological polar surface area (TPSA) is 87.1 Å². The Bertz CT molecular complexity index is 1040. The minimum absolute atomic E-state index is 0.164. The maximum Gasteiger partial charge on any atom is 0.255 e. The molecule has 0 atom stereocenters. The second-order valence-corrected chi connectivity index (χ2v) is 8.23. The van der Waals surface area contributed by atoms with Crippen LogP contribution in [0, 0.1) is 11.3 Å². The zero-order chi connectivity index (χ0) is 21.9. The van der Waals surface area contributed by atoms with E-state index in [1.807, 2.05) is 12.1 Å². The van der Waals surface area contributed by atoms with Gasteiger partial charge in [-0.2, -0.15) is 5.26 Å². The molecule has 3 heterocycles. The van der Waals surface area contributed by atoms with Crippen LogP contribution >= 0.6 is 0 Å². The summed E-state index contributed by atoms with van der Waals surface area (Å²) >= 11 is 0. The normalized spacial score (nSPS) is 18.9. The molecular formula is C24H26N4O4. The highest BCUT2D eigenvalue weighted by Crippen LogP contribution is 2.33. The fourth-order valence-corrected chi connectivity index (χ4v) is 4.63. The molecular weight excluding hydrogens is 408 g/mol. The first kappa shape index (κ1) is 20.6. The first-order valence-corrected chi connectivity index (χ1v) is 11.0. The van der Waals surface area contributed by atoms with Crippen LogP contribution < -0.4 is 19.7 Å². The van der Waals surface area contributed by atoms with Gasteiger partial charge in [-0.3, -0.25) is 9.69 Å². The number of benzene rings is 2. The number of piperidine rings is 1. The second kappa shape index (κ2) is 9.07. The van der Waals surface area contributed by atoms with Gasteiger partial charge in [-0.25, -0.2) is 0 Å². The molecule has 5 rings (SSSR count). The predicted molar refractivity (Wildman–Crippen MR) is 119 cm³/mol. The Morgan fingerprint density at radius 3 is 2.56 bits per heavy atom. The van der Waals surface area contributed by atoms with E-state index < -0.39 is 0 Å². The van der Waals surface area contributed by atoms with Crippen molar-refractivity contribution in [1.82, 2.24) is 4.90 Å². The van der Waals surface area contributed by atoms with E-state index in [9.17, 15) is 10.1 Å². The Balaban J connectivity index is 1.24. The van der Waals surface area contributed by atoms with Crippen LogP contribution in [0.4, 0.5) is 11.4 Å². The van der Waals surface area contributed by atoms with Gasteiger partial charge in [0.1, 0.15) is 6.07 Å². The zero-order valence-electron chi connectivity index (χ0n) is 17.9. The molecule has 2 saturated heterocycles. The lowest BCUT2D eigenvalue weighted by atomic mass is 10.0. The third-order valence-electron chi connectivity index (χ3n) is 6.38. The Morgan fingerprint density at radius 1 is 1.00 bits per heavy atom. The van der Waals surface area contributed by atoms with Crippen molar-refractivity contribution in [3.63, 3.8) is 0 Å². The molecule has 166 valence electrons. The molecule has 1 N–H and O–H groups in total. The number of anilines is 2. The molecule has 0 radical (unpaired) electrons. The van der Waals surface area contributed by atoms with Crippen molar-refractivity contribution in [3.8, 4) is 17.6 Å². The van der Waals surface area contributed by atoms with E-state index in [-0.39, 0.29) is 12.7 Å². The summed E-state index contributed by atoms with van der Waals surface area (Å²) < 4.78 is 16.1. The summed E-state index contributed by atoms with van der Waals surface area (Å²) in [7, 11) is 0. The molecule has 2 aromatic carbocycles. The average Bonchev–Trinajstić information content (AvgIpc) is 3.33. The number of ether oxygens (including phenoxy) is 3. The van der Waals surface area contributed by atoms with Gasteiger partial charge in [0, 0.05) is 43.5 Å². The van der Waals surface area contributed by atoms with Crippen molar-refractivity contribution < 1.29 is 19.0 Å². The number of carbonyl (C=O) groups excluding carboxylic acids is 1. The Labute approximate surface area is 187 Å². The number of nitrogens with one attached hydrogen (secondary N) is 1. The van der Waals surface area contributed by atoms with E-state index in [4.69, 9.17) is 14.2 Å². The third kappa shape index (κ3) is 4.22. The predicted octanol–water partition coefficient (Wildman–Crippen LogP) is 2.84.